The van der Waals surface area contributed by atoms with Gasteiger partial charge in [0.2, 0.25) is 0 Å². The van der Waals surface area contributed by atoms with E-state index in [2.05, 4.69) is 52.9 Å². The first-order valence-corrected chi connectivity index (χ1v) is 11.3. The average Bonchev–Trinajstić information content (AvgIpc) is 2.38. The largest absolute Gasteiger partial charge is 0.397 e. The molecule has 1 rings (SSSR count). The number of hydrogen-bond donors (Lipinski definition) is 0. The number of carbonyl (C=O) groups is 1. The Kier molecular flexibility index (Phi) is 6.30. The summed E-state index contributed by atoms with van der Waals surface area (Å²) in [4.78, 5) is 15.2. The summed E-state index contributed by atoms with van der Waals surface area (Å²) in [6.45, 7) is 13.0. The van der Waals surface area contributed by atoms with Crippen molar-refractivity contribution in [3.05, 3.63) is 29.8 Å². The van der Waals surface area contributed by atoms with Gasteiger partial charge in [0.1, 0.15) is 0 Å². The minimum absolute atomic E-state index is 0.00963. The Balaban J connectivity index is 2.99. The van der Waals surface area contributed by atoms with Crippen molar-refractivity contribution < 1.29 is 9.22 Å². The monoisotopic (exact) mass is 339 g/mol. The van der Waals surface area contributed by atoms with Gasteiger partial charge in [-0.15, -0.1) is 0 Å². The van der Waals surface area contributed by atoms with Crippen molar-refractivity contribution in [1.82, 2.24) is 4.90 Å². The summed E-state index contributed by atoms with van der Waals surface area (Å²) in [5.74, 6) is 0.00963. The Morgan fingerprint density at radius 1 is 1.18 bits per heavy atom. The molecule has 0 aliphatic carbocycles. The molecule has 0 aliphatic rings. The molecule has 124 valence electrons. The Morgan fingerprint density at radius 3 is 2.09 bits per heavy atom. The maximum Gasteiger partial charge on any atom is 0.261 e. The summed E-state index contributed by atoms with van der Waals surface area (Å²) in [5.41, 5.74) is 0.726. The molecule has 5 heteroatoms. The zero-order valence-corrected chi connectivity index (χ0v) is 16.9. The lowest BCUT2D eigenvalue weighted by Gasteiger charge is -2.39. The molecule has 3 nitrogen and oxygen atoms in total. The lowest BCUT2D eigenvalue weighted by atomic mass is 10.2. The summed E-state index contributed by atoms with van der Waals surface area (Å²) >= 11 is 1.50. The van der Waals surface area contributed by atoms with Crippen LogP contribution in [0.15, 0.2) is 29.2 Å². The Labute approximate surface area is 140 Å². The molecule has 22 heavy (non-hydrogen) atoms. The molecular weight excluding hydrogens is 310 g/mol. The summed E-state index contributed by atoms with van der Waals surface area (Å²) in [7, 11) is 1.55. The Hall–Kier alpha value is -0.783. The number of benzene rings is 1. The number of thioether (sulfide) groups is 1. The molecule has 0 spiro atoms. The predicted molar refractivity (Wildman–Crippen MR) is 97.8 cm³/mol. The second kappa shape index (κ2) is 7.19. The quantitative estimate of drug-likeness (QED) is 0.449. The van der Waals surface area contributed by atoms with E-state index < -0.39 is 13.8 Å². The zero-order valence-electron chi connectivity index (χ0n) is 15.1. The van der Waals surface area contributed by atoms with Gasteiger partial charge in [-0.2, -0.15) is 0 Å². The SMILES string of the molecule is Cc1ccc(S[C@H](O[Si](C)(C)C(C)(C)C)C(=O)N(C)C)cc1. The molecule has 0 radical (unpaired) electrons. The molecule has 0 bridgehead atoms. The molecule has 0 N–H and O–H groups in total. The Bertz CT molecular complexity index is 506. The van der Waals surface area contributed by atoms with Crippen LogP contribution in [-0.2, 0) is 9.22 Å². The van der Waals surface area contributed by atoms with E-state index >= 15 is 0 Å². The molecule has 1 atom stereocenters. The van der Waals surface area contributed by atoms with Gasteiger partial charge in [-0.25, -0.2) is 0 Å². The lowest BCUT2D eigenvalue weighted by Crippen LogP contribution is -2.47. The number of likely N-dealkylation sites (N-methyl/N-ethyl adjacent to an activating group) is 1. The molecule has 0 aliphatic heterocycles. The van der Waals surface area contributed by atoms with E-state index in [0.29, 0.717) is 0 Å². The van der Waals surface area contributed by atoms with E-state index in [4.69, 9.17) is 4.43 Å². The highest BCUT2D eigenvalue weighted by Crippen LogP contribution is 2.39. The van der Waals surface area contributed by atoms with Crippen LogP contribution < -0.4 is 0 Å². The third kappa shape index (κ3) is 5.14. The molecular formula is C17H29NO2SSi. The van der Waals surface area contributed by atoms with Crippen LogP contribution in [0.25, 0.3) is 0 Å². The first kappa shape index (κ1) is 19.3. The highest BCUT2D eigenvalue weighted by molar-refractivity contribution is 8.00. The molecule has 1 aromatic carbocycles. The predicted octanol–water partition coefficient (Wildman–Crippen LogP) is 4.52. The van der Waals surface area contributed by atoms with E-state index in [0.717, 1.165) is 4.90 Å². The fourth-order valence-corrected chi connectivity index (χ4v) is 4.28. The standard InChI is InChI=1S/C17H29NO2SSi/c1-13-9-11-14(12-10-13)21-16(15(19)18(5)6)20-22(7,8)17(2,3)4/h9-12,16H,1-8H3/t16-/m0/s1. The van der Waals surface area contributed by atoms with Crippen LogP contribution in [0.3, 0.4) is 0 Å². The summed E-state index contributed by atoms with van der Waals surface area (Å²) in [6.07, 6.45) is 0. The normalized spacial score (nSPS) is 13.8. The van der Waals surface area contributed by atoms with Gasteiger partial charge in [0.05, 0.1) is 0 Å². The van der Waals surface area contributed by atoms with E-state index in [1.165, 1.54) is 17.3 Å². The van der Waals surface area contributed by atoms with E-state index in [9.17, 15) is 4.79 Å². The van der Waals surface area contributed by atoms with Gasteiger partial charge in [-0.05, 0) is 37.2 Å². The second-order valence-electron chi connectivity index (χ2n) is 7.37. The molecule has 0 unspecified atom stereocenters. The van der Waals surface area contributed by atoms with Crippen molar-refractivity contribution in [1.29, 1.82) is 0 Å². The van der Waals surface area contributed by atoms with Crippen molar-refractivity contribution >= 4 is 26.0 Å². The molecule has 0 heterocycles. The molecule has 1 amide bonds. The van der Waals surface area contributed by atoms with Gasteiger partial charge >= 0.3 is 0 Å². The minimum Gasteiger partial charge on any atom is -0.397 e. The number of aryl methyl sites for hydroxylation is 1. The van der Waals surface area contributed by atoms with Gasteiger partial charge in [0, 0.05) is 19.0 Å². The van der Waals surface area contributed by atoms with Crippen LogP contribution in [0, 0.1) is 6.92 Å². The van der Waals surface area contributed by atoms with Crippen LogP contribution in [0.2, 0.25) is 18.1 Å². The fraction of sp³-hybridized carbons (Fsp3) is 0.588. The lowest BCUT2D eigenvalue weighted by molar-refractivity contribution is -0.132. The first-order valence-electron chi connectivity index (χ1n) is 7.56. The smallest absolute Gasteiger partial charge is 0.261 e. The van der Waals surface area contributed by atoms with Crippen LogP contribution in [0.5, 0.6) is 0 Å². The van der Waals surface area contributed by atoms with Gasteiger partial charge in [0.25, 0.3) is 5.91 Å². The number of rotatable bonds is 5. The van der Waals surface area contributed by atoms with Gasteiger partial charge < -0.3 is 9.33 Å². The Morgan fingerprint density at radius 2 is 1.68 bits per heavy atom. The van der Waals surface area contributed by atoms with Crippen LogP contribution in [-0.4, -0.2) is 38.7 Å². The van der Waals surface area contributed by atoms with Crippen LogP contribution >= 0.6 is 11.8 Å². The molecule has 1 aromatic rings. The number of nitrogens with zero attached hydrogens (tertiary/aromatic N) is 1. The van der Waals surface area contributed by atoms with Crippen molar-refractivity contribution in [2.24, 2.45) is 0 Å². The molecule has 0 fully saturated rings. The average molecular weight is 340 g/mol. The minimum atomic E-state index is -2.01. The molecule has 0 saturated carbocycles. The van der Waals surface area contributed by atoms with Gasteiger partial charge in [-0.3, -0.25) is 4.79 Å². The van der Waals surface area contributed by atoms with Crippen molar-refractivity contribution in [3.8, 4) is 0 Å². The van der Waals surface area contributed by atoms with Gasteiger partial charge in [0.15, 0.2) is 13.8 Å². The zero-order chi connectivity index (χ0) is 17.1. The summed E-state index contributed by atoms with van der Waals surface area (Å²) in [6, 6.07) is 8.22. The van der Waals surface area contributed by atoms with E-state index in [-0.39, 0.29) is 10.9 Å². The second-order valence-corrected chi connectivity index (χ2v) is 13.3. The highest BCUT2D eigenvalue weighted by atomic mass is 32.2. The van der Waals surface area contributed by atoms with E-state index in [1.54, 1.807) is 19.0 Å². The maximum absolute atomic E-state index is 12.5. The summed E-state index contributed by atoms with van der Waals surface area (Å²) < 4.78 is 6.37. The topological polar surface area (TPSA) is 29.5 Å². The van der Waals surface area contributed by atoms with Crippen molar-refractivity contribution in [2.75, 3.05) is 14.1 Å². The first-order chi connectivity index (χ1) is 9.94. The highest BCUT2D eigenvalue weighted by Gasteiger charge is 2.41. The third-order valence-electron chi connectivity index (χ3n) is 4.11. The van der Waals surface area contributed by atoms with Crippen LogP contribution in [0.1, 0.15) is 26.3 Å². The summed E-state index contributed by atoms with van der Waals surface area (Å²) in [5, 5.41) is 0.0751. The number of hydrogen-bond acceptors (Lipinski definition) is 3. The van der Waals surface area contributed by atoms with Crippen LogP contribution in [0.4, 0.5) is 0 Å². The number of carbonyl (C=O) groups excluding carboxylic acids is 1. The van der Waals surface area contributed by atoms with Gasteiger partial charge in [-0.1, -0.05) is 50.2 Å². The van der Waals surface area contributed by atoms with Crippen molar-refractivity contribution in [2.45, 2.75) is 56.2 Å². The van der Waals surface area contributed by atoms with E-state index in [1.807, 2.05) is 12.1 Å². The third-order valence-corrected chi connectivity index (χ3v) is 9.78. The van der Waals surface area contributed by atoms with Crippen molar-refractivity contribution in [3.63, 3.8) is 0 Å². The fourth-order valence-electron chi connectivity index (χ4n) is 1.52. The molecule has 0 saturated heterocycles. The number of amides is 1. The molecule has 0 aromatic heterocycles. The maximum atomic E-state index is 12.5.